The Morgan fingerprint density at radius 3 is 2.46 bits per heavy atom. The first-order chi connectivity index (χ1) is 13.2. The first kappa shape index (κ1) is 19.7. The predicted molar refractivity (Wildman–Crippen MR) is 105 cm³/mol. The van der Waals surface area contributed by atoms with Crippen molar-refractivity contribution in [2.45, 2.75) is 62.7 Å². The summed E-state index contributed by atoms with van der Waals surface area (Å²) >= 11 is 3.91. The molecule has 1 heterocycles. The molecule has 4 saturated carbocycles. The lowest BCUT2D eigenvalue weighted by molar-refractivity contribution is -0.168. The van der Waals surface area contributed by atoms with Gasteiger partial charge in [-0.2, -0.15) is 0 Å². The van der Waals surface area contributed by atoms with Gasteiger partial charge in [-0.1, -0.05) is 15.9 Å². The normalized spacial score (nSPS) is 38.7. The second kappa shape index (κ2) is 7.04. The standard InChI is InChI=1S/C20H27BrN2O5/c1-3-27-16(24)15-11(2)22-18(26)23-14(15)9-28-17(25)19-5-12-4-13(6-19)8-20(21,7-12)10-19/h11-13H,3-10H2,1-2H3,(H2,22,23,26)/t11-,12-,13-,19?,20?/m0/s1. The molecular formula is C20H27BrN2O5. The van der Waals surface area contributed by atoms with Gasteiger partial charge < -0.3 is 20.1 Å². The van der Waals surface area contributed by atoms with E-state index in [2.05, 4.69) is 26.6 Å². The molecule has 2 N–H and O–H groups in total. The van der Waals surface area contributed by atoms with Crippen LogP contribution in [-0.2, 0) is 19.1 Å². The zero-order valence-corrected chi connectivity index (χ0v) is 17.9. The van der Waals surface area contributed by atoms with E-state index < -0.39 is 23.5 Å². The third-order valence-electron chi connectivity index (χ3n) is 6.64. The molecule has 3 atom stereocenters. The summed E-state index contributed by atoms with van der Waals surface area (Å²) in [5.41, 5.74) is 0.166. The van der Waals surface area contributed by atoms with Crippen LogP contribution >= 0.6 is 15.9 Å². The molecule has 5 aliphatic rings. The summed E-state index contributed by atoms with van der Waals surface area (Å²) < 4.78 is 10.9. The van der Waals surface area contributed by atoms with Crippen LogP contribution in [-0.4, -0.2) is 41.5 Å². The molecule has 0 aromatic heterocycles. The van der Waals surface area contributed by atoms with Gasteiger partial charge in [0.1, 0.15) is 6.61 Å². The van der Waals surface area contributed by atoms with Gasteiger partial charge in [0.25, 0.3) is 0 Å². The fourth-order valence-electron chi connectivity index (χ4n) is 6.07. The van der Waals surface area contributed by atoms with Crippen molar-refractivity contribution in [3.63, 3.8) is 0 Å². The van der Waals surface area contributed by atoms with Crippen molar-refractivity contribution in [1.29, 1.82) is 0 Å². The van der Waals surface area contributed by atoms with Crippen LogP contribution < -0.4 is 10.6 Å². The predicted octanol–water partition coefficient (Wildman–Crippen LogP) is 2.78. The van der Waals surface area contributed by atoms with E-state index in [0.29, 0.717) is 23.1 Å². The lowest BCUT2D eigenvalue weighted by Crippen LogP contribution is -2.56. The Hall–Kier alpha value is -1.57. The number of rotatable bonds is 5. The third kappa shape index (κ3) is 3.44. The van der Waals surface area contributed by atoms with Crippen molar-refractivity contribution in [3.05, 3.63) is 11.3 Å². The molecule has 0 spiro atoms. The lowest BCUT2D eigenvalue weighted by Gasteiger charge is -2.58. The van der Waals surface area contributed by atoms with Crippen molar-refractivity contribution in [2.24, 2.45) is 17.3 Å². The Morgan fingerprint density at radius 2 is 1.86 bits per heavy atom. The lowest BCUT2D eigenvalue weighted by atomic mass is 9.49. The molecule has 4 aliphatic carbocycles. The maximum Gasteiger partial charge on any atom is 0.338 e. The molecule has 0 aromatic carbocycles. The summed E-state index contributed by atoms with van der Waals surface area (Å²) in [6, 6.07) is -0.923. The largest absolute Gasteiger partial charge is 0.463 e. The van der Waals surface area contributed by atoms with Gasteiger partial charge in [0.2, 0.25) is 0 Å². The first-order valence-corrected chi connectivity index (χ1v) is 10.9. The van der Waals surface area contributed by atoms with E-state index in [1.807, 2.05) is 0 Å². The zero-order chi connectivity index (χ0) is 20.1. The molecule has 2 amide bonds. The molecule has 154 valence electrons. The molecule has 0 radical (unpaired) electrons. The van der Waals surface area contributed by atoms with E-state index in [1.165, 1.54) is 6.42 Å². The molecule has 0 aromatic rings. The number of hydrogen-bond acceptors (Lipinski definition) is 5. The molecule has 4 bridgehead atoms. The monoisotopic (exact) mass is 454 g/mol. The van der Waals surface area contributed by atoms with Crippen LogP contribution in [0.1, 0.15) is 52.4 Å². The highest BCUT2D eigenvalue weighted by Gasteiger charge is 2.60. The van der Waals surface area contributed by atoms with Crippen LogP contribution in [0.2, 0.25) is 0 Å². The van der Waals surface area contributed by atoms with Crippen LogP contribution in [0.4, 0.5) is 4.79 Å². The fourth-order valence-corrected chi connectivity index (χ4v) is 7.53. The smallest absolute Gasteiger partial charge is 0.338 e. The summed E-state index contributed by atoms with van der Waals surface area (Å²) in [4.78, 5) is 37.3. The van der Waals surface area contributed by atoms with E-state index in [4.69, 9.17) is 9.47 Å². The molecule has 4 fully saturated rings. The van der Waals surface area contributed by atoms with E-state index in [9.17, 15) is 14.4 Å². The summed E-state index contributed by atoms with van der Waals surface area (Å²) in [6.45, 7) is 3.54. The minimum Gasteiger partial charge on any atom is -0.463 e. The van der Waals surface area contributed by atoms with Crippen LogP contribution in [0.25, 0.3) is 0 Å². The number of carbonyl (C=O) groups excluding carboxylic acids is 3. The highest BCUT2D eigenvalue weighted by Crippen LogP contribution is 2.64. The Bertz CT molecular complexity index is 735. The highest BCUT2D eigenvalue weighted by molar-refractivity contribution is 9.10. The summed E-state index contributed by atoms with van der Waals surface area (Å²) in [5.74, 6) is 0.423. The number of ether oxygens (including phenoxy) is 2. The molecular weight excluding hydrogens is 428 g/mol. The van der Waals surface area contributed by atoms with Gasteiger partial charge in [-0.25, -0.2) is 9.59 Å². The van der Waals surface area contributed by atoms with Gasteiger partial charge in [-0.3, -0.25) is 4.79 Å². The number of carbonyl (C=O) groups is 3. The fraction of sp³-hybridized carbons (Fsp3) is 0.750. The van der Waals surface area contributed by atoms with Gasteiger partial charge in [-0.05, 0) is 64.2 Å². The molecule has 28 heavy (non-hydrogen) atoms. The van der Waals surface area contributed by atoms with Crippen LogP contribution in [0.15, 0.2) is 11.3 Å². The molecule has 7 nitrogen and oxygen atoms in total. The number of amides is 2. The highest BCUT2D eigenvalue weighted by atomic mass is 79.9. The van der Waals surface area contributed by atoms with Crippen molar-refractivity contribution >= 4 is 33.9 Å². The second-order valence-corrected chi connectivity index (χ2v) is 10.6. The second-order valence-electron chi connectivity index (χ2n) is 8.90. The minimum atomic E-state index is -0.511. The third-order valence-corrected chi connectivity index (χ3v) is 7.56. The summed E-state index contributed by atoms with van der Waals surface area (Å²) in [6.07, 6.45) is 6.04. The van der Waals surface area contributed by atoms with Crippen molar-refractivity contribution in [3.8, 4) is 0 Å². The summed E-state index contributed by atoms with van der Waals surface area (Å²) in [5, 5.41) is 5.26. The number of esters is 2. The molecule has 0 saturated heterocycles. The number of alkyl halides is 1. The summed E-state index contributed by atoms with van der Waals surface area (Å²) in [7, 11) is 0. The maximum absolute atomic E-state index is 13.1. The van der Waals surface area contributed by atoms with Gasteiger partial charge in [0.05, 0.1) is 29.3 Å². The Labute approximate surface area is 173 Å². The zero-order valence-electron chi connectivity index (χ0n) is 16.3. The average molecular weight is 455 g/mol. The van der Waals surface area contributed by atoms with Gasteiger partial charge in [0.15, 0.2) is 0 Å². The van der Waals surface area contributed by atoms with Crippen molar-refractivity contribution in [1.82, 2.24) is 10.6 Å². The Kier molecular flexibility index (Phi) is 4.96. The van der Waals surface area contributed by atoms with E-state index in [-0.39, 0.29) is 23.5 Å². The Balaban J connectivity index is 1.51. The topological polar surface area (TPSA) is 93.7 Å². The van der Waals surface area contributed by atoms with Crippen molar-refractivity contribution in [2.75, 3.05) is 13.2 Å². The van der Waals surface area contributed by atoms with E-state index >= 15 is 0 Å². The molecule has 0 unspecified atom stereocenters. The SMILES string of the molecule is CCOC(=O)C1=C(COC(=O)C23C[C@@H]4C[C@H](CC(Br)(C4)C2)C3)NC(=O)N[C@H]1C. The Morgan fingerprint density at radius 1 is 1.18 bits per heavy atom. The number of hydrogen-bond donors (Lipinski definition) is 2. The number of nitrogens with one attached hydrogen (secondary N) is 2. The molecule has 8 heteroatoms. The van der Waals surface area contributed by atoms with E-state index in [1.54, 1.807) is 13.8 Å². The number of urea groups is 1. The van der Waals surface area contributed by atoms with E-state index in [0.717, 1.165) is 32.1 Å². The van der Waals surface area contributed by atoms with Crippen LogP contribution in [0.5, 0.6) is 0 Å². The van der Waals surface area contributed by atoms with Gasteiger partial charge >= 0.3 is 18.0 Å². The quantitative estimate of drug-likeness (QED) is 0.491. The molecule has 1 aliphatic heterocycles. The first-order valence-electron chi connectivity index (χ1n) is 10.1. The van der Waals surface area contributed by atoms with Gasteiger partial charge in [-0.15, -0.1) is 0 Å². The maximum atomic E-state index is 13.1. The van der Waals surface area contributed by atoms with Crippen molar-refractivity contribution < 1.29 is 23.9 Å². The van der Waals surface area contributed by atoms with Crippen LogP contribution in [0, 0.1) is 17.3 Å². The van der Waals surface area contributed by atoms with Crippen LogP contribution in [0.3, 0.4) is 0 Å². The van der Waals surface area contributed by atoms with Gasteiger partial charge in [0, 0.05) is 4.32 Å². The number of halogens is 1. The minimum absolute atomic E-state index is 0.0585. The average Bonchev–Trinajstić information content (AvgIpc) is 2.57. The molecule has 5 rings (SSSR count).